The molecule has 4 aliphatic rings. The highest BCUT2D eigenvalue weighted by Crippen LogP contribution is 2.61. The summed E-state index contributed by atoms with van der Waals surface area (Å²) < 4.78 is 0. The van der Waals surface area contributed by atoms with Crippen LogP contribution in [0.25, 0.3) is 0 Å². The van der Waals surface area contributed by atoms with Crippen LogP contribution in [0.4, 0.5) is 0 Å². The normalized spacial score (nSPS) is 42.6. The quantitative estimate of drug-likeness (QED) is 0.803. The summed E-state index contributed by atoms with van der Waals surface area (Å²) in [6.45, 7) is 1.41. The number of carboxylic acids is 1. The zero-order valence-electron chi connectivity index (χ0n) is 10.8. The van der Waals surface area contributed by atoms with Crippen molar-refractivity contribution in [2.75, 3.05) is 0 Å². The van der Waals surface area contributed by atoms with Crippen molar-refractivity contribution in [3.8, 4) is 0 Å². The topological polar surface area (TPSA) is 66.4 Å². The van der Waals surface area contributed by atoms with E-state index >= 15 is 0 Å². The Morgan fingerprint density at radius 3 is 1.89 bits per heavy atom. The molecule has 0 aromatic rings. The van der Waals surface area contributed by atoms with E-state index in [2.05, 4.69) is 5.32 Å². The standard InChI is InChI=1S/C14H21NO3/c1-8(16)15-12(13(17)18)14-5-9-2-10(6-14)4-11(3-9)7-14/h9-12H,2-7H2,1H3,(H,15,16)(H,17,18)/t9?,10?,11?,12-,14?/m1/s1. The number of carbonyl (C=O) groups excluding carboxylic acids is 1. The maximum atomic E-state index is 11.5. The zero-order valence-corrected chi connectivity index (χ0v) is 10.8. The third-order valence-electron chi connectivity index (χ3n) is 5.29. The molecule has 1 amide bonds. The number of hydrogen-bond acceptors (Lipinski definition) is 2. The fourth-order valence-corrected chi connectivity index (χ4v) is 5.21. The third kappa shape index (κ3) is 1.82. The van der Waals surface area contributed by atoms with Gasteiger partial charge in [0.05, 0.1) is 0 Å². The molecule has 4 rings (SSSR count). The highest BCUT2D eigenvalue weighted by atomic mass is 16.4. The Hall–Kier alpha value is -1.06. The first-order chi connectivity index (χ1) is 8.48. The van der Waals surface area contributed by atoms with E-state index in [9.17, 15) is 14.7 Å². The van der Waals surface area contributed by atoms with Gasteiger partial charge in [0.1, 0.15) is 6.04 Å². The number of nitrogens with one attached hydrogen (secondary N) is 1. The van der Waals surface area contributed by atoms with Crippen LogP contribution in [0, 0.1) is 23.2 Å². The SMILES string of the molecule is CC(=O)N[C@H](C(=O)O)C12CC3CC(CC(C3)C1)C2. The maximum Gasteiger partial charge on any atom is 0.326 e. The molecule has 0 radical (unpaired) electrons. The molecule has 100 valence electrons. The van der Waals surface area contributed by atoms with Crippen LogP contribution in [0.5, 0.6) is 0 Å². The van der Waals surface area contributed by atoms with Crippen LogP contribution >= 0.6 is 0 Å². The molecular weight excluding hydrogens is 230 g/mol. The van der Waals surface area contributed by atoms with E-state index in [-0.39, 0.29) is 11.3 Å². The van der Waals surface area contributed by atoms with E-state index in [1.807, 2.05) is 0 Å². The minimum atomic E-state index is -0.854. The van der Waals surface area contributed by atoms with Gasteiger partial charge in [-0.05, 0) is 56.3 Å². The lowest BCUT2D eigenvalue weighted by Crippen LogP contribution is -2.59. The molecule has 18 heavy (non-hydrogen) atoms. The van der Waals surface area contributed by atoms with Crippen LogP contribution in [-0.2, 0) is 9.59 Å². The molecule has 0 aromatic carbocycles. The van der Waals surface area contributed by atoms with Crippen LogP contribution in [0.3, 0.4) is 0 Å². The summed E-state index contributed by atoms with van der Waals surface area (Å²) in [6, 6.07) is -0.677. The Bertz CT molecular complexity index is 355. The number of amides is 1. The minimum absolute atomic E-state index is 0.160. The molecule has 0 saturated heterocycles. The van der Waals surface area contributed by atoms with Crippen LogP contribution in [-0.4, -0.2) is 23.0 Å². The summed E-state index contributed by atoms with van der Waals surface area (Å²) in [4.78, 5) is 22.8. The predicted octanol–water partition coefficient (Wildman–Crippen LogP) is 1.79. The monoisotopic (exact) mass is 251 g/mol. The Morgan fingerprint density at radius 1 is 1.11 bits per heavy atom. The summed E-state index contributed by atoms with van der Waals surface area (Å²) in [5, 5.41) is 12.2. The third-order valence-corrected chi connectivity index (χ3v) is 5.29. The molecule has 4 heteroatoms. The first-order valence-corrected chi connectivity index (χ1v) is 6.98. The number of carbonyl (C=O) groups is 2. The summed E-state index contributed by atoms with van der Waals surface area (Å²) in [5.74, 6) is 1.02. The van der Waals surface area contributed by atoms with Crippen molar-refractivity contribution in [2.24, 2.45) is 23.2 Å². The van der Waals surface area contributed by atoms with Crippen molar-refractivity contribution in [3.05, 3.63) is 0 Å². The Labute approximate surface area is 107 Å². The van der Waals surface area contributed by atoms with Gasteiger partial charge >= 0.3 is 5.97 Å². The van der Waals surface area contributed by atoms with Gasteiger partial charge in [-0.15, -0.1) is 0 Å². The van der Waals surface area contributed by atoms with Crippen molar-refractivity contribution < 1.29 is 14.7 Å². The van der Waals surface area contributed by atoms with Crippen LogP contribution in [0.15, 0.2) is 0 Å². The highest BCUT2D eigenvalue weighted by Gasteiger charge is 2.56. The number of carboxylic acid groups (broad SMARTS) is 1. The molecule has 0 aromatic heterocycles. The van der Waals surface area contributed by atoms with Crippen molar-refractivity contribution in [1.29, 1.82) is 0 Å². The van der Waals surface area contributed by atoms with Crippen molar-refractivity contribution >= 4 is 11.9 Å². The Morgan fingerprint density at radius 2 is 1.56 bits per heavy atom. The first-order valence-electron chi connectivity index (χ1n) is 6.98. The highest BCUT2D eigenvalue weighted by molar-refractivity contribution is 5.83. The van der Waals surface area contributed by atoms with Gasteiger partial charge in [-0.2, -0.15) is 0 Å². The minimum Gasteiger partial charge on any atom is -0.480 e. The van der Waals surface area contributed by atoms with Crippen LogP contribution in [0.1, 0.15) is 45.4 Å². The largest absolute Gasteiger partial charge is 0.480 e. The lowest BCUT2D eigenvalue weighted by Gasteiger charge is -2.58. The second kappa shape index (κ2) is 3.97. The van der Waals surface area contributed by atoms with Gasteiger partial charge in [-0.1, -0.05) is 0 Å². The van der Waals surface area contributed by atoms with Crippen molar-refractivity contribution in [2.45, 2.75) is 51.5 Å². The summed E-state index contributed by atoms with van der Waals surface area (Å²) >= 11 is 0. The Balaban J connectivity index is 1.88. The summed E-state index contributed by atoms with van der Waals surface area (Å²) in [5.41, 5.74) is -0.160. The average Bonchev–Trinajstić information content (AvgIpc) is 2.23. The smallest absolute Gasteiger partial charge is 0.326 e. The molecule has 4 nitrogen and oxygen atoms in total. The molecule has 0 heterocycles. The van der Waals surface area contributed by atoms with Gasteiger partial charge in [0.15, 0.2) is 0 Å². The van der Waals surface area contributed by atoms with Gasteiger partial charge in [-0.25, -0.2) is 4.79 Å². The van der Waals surface area contributed by atoms with Crippen LogP contribution in [0.2, 0.25) is 0 Å². The van der Waals surface area contributed by atoms with E-state index in [4.69, 9.17) is 0 Å². The molecule has 4 saturated carbocycles. The predicted molar refractivity (Wildman–Crippen MR) is 65.8 cm³/mol. The van der Waals surface area contributed by atoms with Gasteiger partial charge in [0.25, 0.3) is 0 Å². The van der Waals surface area contributed by atoms with Gasteiger partial charge in [0.2, 0.25) is 5.91 Å². The molecule has 4 aliphatic carbocycles. The second-order valence-corrected chi connectivity index (χ2v) is 6.75. The Kier molecular flexibility index (Phi) is 2.65. The lowest BCUT2D eigenvalue weighted by atomic mass is 9.47. The zero-order chi connectivity index (χ0) is 12.9. The van der Waals surface area contributed by atoms with Gasteiger partial charge < -0.3 is 10.4 Å². The van der Waals surface area contributed by atoms with E-state index in [1.165, 1.54) is 26.2 Å². The van der Waals surface area contributed by atoms with E-state index < -0.39 is 12.0 Å². The number of aliphatic carboxylic acids is 1. The molecule has 1 atom stereocenters. The molecule has 0 spiro atoms. The lowest BCUT2D eigenvalue weighted by molar-refractivity contribution is -0.154. The van der Waals surface area contributed by atoms with Crippen molar-refractivity contribution in [3.63, 3.8) is 0 Å². The number of rotatable bonds is 3. The average molecular weight is 251 g/mol. The van der Waals surface area contributed by atoms with Gasteiger partial charge in [0, 0.05) is 12.3 Å². The van der Waals surface area contributed by atoms with E-state index in [0.717, 1.165) is 19.3 Å². The molecular formula is C14H21NO3. The molecule has 0 aliphatic heterocycles. The van der Waals surface area contributed by atoms with E-state index in [1.54, 1.807) is 0 Å². The summed E-state index contributed by atoms with van der Waals surface area (Å²) in [6.07, 6.45) is 6.84. The van der Waals surface area contributed by atoms with Crippen LogP contribution < -0.4 is 5.32 Å². The molecule has 4 fully saturated rings. The molecule has 0 unspecified atom stereocenters. The van der Waals surface area contributed by atoms with Gasteiger partial charge in [-0.3, -0.25) is 4.79 Å². The summed E-state index contributed by atoms with van der Waals surface area (Å²) in [7, 11) is 0. The van der Waals surface area contributed by atoms with E-state index in [0.29, 0.717) is 17.8 Å². The molecule has 2 N–H and O–H groups in total. The fraction of sp³-hybridized carbons (Fsp3) is 0.857. The van der Waals surface area contributed by atoms with Crippen molar-refractivity contribution in [1.82, 2.24) is 5.32 Å². The first kappa shape index (κ1) is 12.0. The number of hydrogen-bond donors (Lipinski definition) is 2. The molecule has 4 bridgehead atoms. The maximum absolute atomic E-state index is 11.5. The second-order valence-electron chi connectivity index (χ2n) is 6.75. The fourth-order valence-electron chi connectivity index (χ4n) is 5.21.